The van der Waals surface area contributed by atoms with E-state index < -0.39 is 0 Å². The first-order valence-corrected chi connectivity index (χ1v) is 6.68. The zero-order chi connectivity index (χ0) is 12.5. The molecule has 0 aliphatic carbocycles. The fourth-order valence-corrected chi connectivity index (χ4v) is 2.99. The van der Waals surface area contributed by atoms with Crippen molar-refractivity contribution in [2.24, 2.45) is 0 Å². The number of aromatic nitrogens is 2. The zero-order valence-electron chi connectivity index (χ0n) is 10.7. The van der Waals surface area contributed by atoms with Gasteiger partial charge in [-0.15, -0.1) is 0 Å². The molecule has 1 unspecified atom stereocenters. The van der Waals surface area contributed by atoms with Crippen molar-refractivity contribution in [3.8, 4) is 5.88 Å². The van der Waals surface area contributed by atoms with Crippen LogP contribution in [0.1, 0.15) is 25.6 Å². The van der Waals surface area contributed by atoms with Gasteiger partial charge in [-0.1, -0.05) is 13.0 Å². The highest BCUT2D eigenvalue weighted by molar-refractivity contribution is 5.48. The molecular formula is C14H19N3O. The van der Waals surface area contributed by atoms with E-state index in [-0.39, 0.29) is 5.88 Å². The van der Waals surface area contributed by atoms with E-state index in [0.717, 1.165) is 24.3 Å². The van der Waals surface area contributed by atoms with Crippen molar-refractivity contribution in [1.29, 1.82) is 0 Å². The topological polar surface area (TPSA) is 40.8 Å². The smallest absolute Gasteiger partial charge is 0.197 e. The average molecular weight is 245 g/mol. The number of pyridine rings is 1. The maximum Gasteiger partial charge on any atom is 0.197 e. The molecule has 0 bridgehead atoms. The molecule has 1 atom stereocenters. The van der Waals surface area contributed by atoms with Crippen LogP contribution in [0.3, 0.4) is 0 Å². The lowest BCUT2D eigenvalue weighted by molar-refractivity contribution is 0.262. The third kappa shape index (κ3) is 1.86. The van der Waals surface area contributed by atoms with Gasteiger partial charge in [0.2, 0.25) is 0 Å². The third-order valence-electron chi connectivity index (χ3n) is 3.93. The number of likely N-dealkylation sites (tertiary alicyclic amines) is 1. The van der Waals surface area contributed by atoms with Crippen LogP contribution < -0.4 is 0 Å². The molecule has 1 aliphatic rings. The molecule has 4 nitrogen and oxygen atoms in total. The Morgan fingerprint density at radius 2 is 2.33 bits per heavy atom. The first-order valence-electron chi connectivity index (χ1n) is 6.68. The molecule has 3 rings (SSSR count). The molecule has 1 N–H and O–H groups in total. The lowest BCUT2D eigenvalue weighted by atomic mass is 10.1. The first-order chi connectivity index (χ1) is 8.79. The van der Waals surface area contributed by atoms with E-state index in [1.54, 1.807) is 6.07 Å². The molecule has 3 heterocycles. The number of aromatic hydroxyl groups is 1. The van der Waals surface area contributed by atoms with Gasteiger partial charge in [-0.05, 0) is 38.1 Å². The summed E-state index contributed by atoms with van der Waals surface area (Å²) in [5.74, 6) is 1.24. The highest BCUT2D eigenvalue weighted by Gasteiger charge is 2.24. The molecule has 0 spiro atoms. The van der Waals surface area contributed by atoms with E-state index in [9.17, 15) is 5.11 Å². The van der Waals surface area contributed by atoms with Crippen LogP contribution in [-0.4, -0.2) is 38.5 Å². The number of likely N-dealkylation sites (N-methyl/N-ethyl adjacent to an activating group) is 1. The summed E-state index contributed by atoms with van der Waals surface area (Å²) in [5.41, 5.74) is 0.964. The molecule has 18 heavy (non-hydrogen) atoms. The number of rotatable bonds is 3. The van der Waals surface area contributed by atoms with E-state index in [1.165, 1.54) is 19.4 Å². The van der Waals surface area contributed by atoms with E-state index >= 15 is 0 Å². The van der Waals surface area contributed by atoms with Gasteiger partial charge in [0.15, 0.2) is 5.88 Å². The maximum absolute atomic E-state index is 9.95. The quantitative estimate of drug-likeness (QED) is 0.900. The van der Waals surface area contributed by atoms with Gasteiger partial charge < -0.3 is 10.0 Å². The SMILES string of the molecule is CCN1CCCC1Cc1ncc2cccc(O)n12. The van der Waals surface area contributed by atoms with Crippen molar-refractivity contribution < 1.29 is 5.11 Å². The number of nitrogens with zero attached hydrogens (tertiary/aromatic N) is 3. The predicted molar refractivity (Wildman–Crippen MR) is 70.8 cm³/mol. The van der Waals surface area contributed by atoms with E-state index in [1.807, 2.05) is 22.7 Å². The van der Waals surface area contributed by atoms with Gasteiger partial charge in [0.25, 0.3) is 0 Å². The van der Waals surface area contributed by atoms with Crippen molar-refractivity contribution in [3.63, 3.8) is 0 Å². The Balaban J connectivity index is 1.91. The summed E-state index contributed by atoms with van der Waals surface area (Å²) in [6.07, 6.45) is 5.25. The first kappa shape index (κ1) is 11.5. The van der Waals surface area contributed by atoms with Gasteiger partial charge in [0.05, 0.1) is 11.7 Å². The number of fused-ring (bicyclic) bond motifs is 1. The molecule has 96 valence electrons. The van der Waals surface area contributed by atoms with Crippen LogP contribution in [0.25, 0.3) is 5.52 Å². The van der Waals surface area contributed by atoms with Crippen molar-refractivity contribution in [3.05, 3.63) is 30.2 Å². The summed E-state index contributed by atoms with van der Waals surface area (Å²) in [6, 6.07) is 6.11. The van der Waals surface area contributed by atoms with Crippen LogP contribution in [0.15, 0.2) is 24.4 Å². The summed E-state index contributed by atoms with van der Waals surface area (Å²) in [6.45, 7) is 4.50. The fourth-order valence-electron chi connectivity index (χ4n) is 2.99. The molecule has 0 radical (unpaired) electrons. The predicted octanol–water partition coefficient (Wildman–Crippen LogP) is 2.07. The van der Waals surface area contributed by atoms with Gasteiger partial charge in [-0.3, -0.25) is 4.40 Å². The maximum atomic E-state index is 9.95. The fraction of sp³-hybridized carbons (Fsp3) is 0.500. The van der Waals surface area contributed by atoms with Gasteiger partial charge in [0.1, 0.15) is 5.82 Å². The minimum atomic E-state index is 0.279. The minimum absolute atomic E-state index is 0.279. The Hall–Kier alpha value is -1.55. The Morgan fingerprint density at radius 3 is 3.17 bits per heavy atom. The lowest BCUT2D eigenvalue weighted by Crippen LogP contribution is -2.31. The molecule has 1 fully saturated rings. The summed E-state index contributed by atoms with van der Waals surface area (Å²) in [7, 11) is 0. The van der Waals surface area contributed by atoms with Crippen molar-refractivity contribution in [1.82, 2.24) is 14.3 Å². The second-order valence-electron chi connectivity index (χ2n) is 4.95. The van der Waals surface area contributed by atoms with Crippen LogP contribution in [-0.2, 0) is 6.42 Å². The van der Waals surface area contributed by atoms with Gasteiger partial charge in [0, 0.05) is 12.5 Å². The molecule has 0 amide bonds. The van der Waals surface area contributed by atoms with Crippen LogP contribution in [0, 0.1) is 0 Å². The number of hydrogen-bond donors (Lipinski definition) is 1. The van der Waals surface area contributed by atoms with E-state index in [4.69, 9.17) is 0 Å². The molecule has 2 aromatic heterocycles. The van der Waals surface area contributed by atoms with E-state index in [0.29, 0.717) is 6.04 Å². The Bertz CT molecular complexity index is 549. The molecule has 4 heteroatoms. The molecular weight excluding hydrogens is 226 g/mol. The number of hydrogen-bond acceptors (Lipinski definition) is 3. The lowest BCUT2D eigenvalue weighted by Gasteiger charge is -2.22. The summed E-state index contributed by atoms with van der Waals surface area (Å²) in [5, 5.41) is 9.95. The third-order valence-corrected chi connectivity index (χ3v) is 3.93. The molecule has 0 aromatic carbocycles. The Kier molecular flexibility index (Phi) is 2.96. The van der Waals surface area contributed by atoms with Crippen molar-refractivity contribution in [2.75, 3.05) is 13.1 Å². The molecule has 2 aromatic rings. The molecule has 1 aliphatic heterocycles. The van der Waals surface area contributed by atoms with Gasteiger partial charge in [-0.25, -0.2) is 4.98 Å². The van der Waals surface area contributed by atoms with E-state index in [2.05, 4.69) is 16.8 Å². The highest BCUT2D eigenvalue weighted by atomic mass is 16.3. The van der Waals surface area contributed by atoms with Crippen LogP contribution in [0.2, 0.25) is 0 Å². The summed E-state index contributed by atoms with van der Waals surface area (Å²) in [4.78, 5) is 6.97. The average Bonchev–Trinajstić information content (AvgIpc) is 2.97. The zero-order valence-corrected chi connectivity index (χ0v) is 10.7. The molecule has 1 saturated heterocycles. The second-order valence-corrected chi connectivity index (χ2v) is 4.95. The van der Waals surface area contributed by atoms with Crippen LogP contribution in [0.4, 0.5) is 0 Å². The second kappa shape index (κ2) is 4.61. The minimum Gasteiger partial charge on any atom is -0.494 e. The monoisotopic (exact) mass is 245 g/mol. The number of imidazole rings is 1. The summed E-state index contributed by atoms with van der Waals surface area (Å²) >= 11 is 0. The standard InChI is InChI=1S/C14H19N3O/c1-2-16-8-4-6-11(16)9-13-15-10-12-5-3-7-14(18)17(12)13/h3,5,7,10-11,18H,2,4,6,8-9H2,1H3. The van der Waals surface area contributed by atoms with Gasteiger partial charge in [-0.2, -0.15) is 0 Å². The van der Waals surface area contributed by atoms with Crippen LogP contribution in [0.5, 0.6) is 5.88 Å². The van der Waals surface area contributed by atoms with Gasteiger partial charge >= 0.3 is 0 Å². The Morgan fingerprint density at radius 1 is 1.44 bits per heavy atom. The summed E-state index contributed by atoms with van der Waals surface area (Å²) < 4.78 is 1.85. The highest BCUT2D eigenvalue weighted by Crippen LogP contribution is 2.23. The van der Waals surface area contributed by atoms with Crippen molar-refractivity contribution >= 4 is 5.52 Å². The molecule has 0 saturated carbocycles. The normalized spacial score (nSPS) is 20.8. The Labute approximate surface area is 107 Å². The van der Waals surface area contributed by atoms with Crippen molar-refractivity contribution in [2.45, 2.75) is 32.2 Å². The largest absolute Gasteiger partial charge is 0.494 e. The van der Waals surface area contributed by atoms with Crippen LogP contribution >= 0.6 is 0 Å².